The lowest BCUT2D eigenvalue weighted by atomic mass is 9.55. The summed E-state index contributed by atoms with van der Waals surface area (Å²) in [5.41, 5.74) is 6.33. The maximum absolute atomic E-state index is 11.4. The van der Waals surface area contributed by atoms with Crippen molar-refractivity contribution in [2.45, 2.75) is 51.0 Å². The van der Waals surface area contributed by atoms with Gasteiger partial charge >= 0.3 is 0 Å². The average Bonchev–Trinajstić information content (AvgIpc) is 2.98. The Morgan fingerprint density at radius 1 is 1.07 bits per heavy atom. The lowest BCUT2D eigenvalue weighted by molar-refractivity contribution is -0.0158. The predicted octanol–water partition coefficient (Wildman–Crippen LogP) is 5.37. The number of aliphatic hydroxyl groups is 1. The van der Waals surface area contributed by atoms with Crippen LogP contribution in [0.3, 0.4) is 0 Å². The summed E-state index contributed by atoms with van der Waals surface area (Å²) in [6.45, 7) is 2.32. The van der Waals surface area contributed by atoms with Crippen LogP contribution in [0, 0.1) is 17.3 Å². The van der Waals surface area contributed by atoms with Crippen molar-refractivity contribution in [2.24, 2.45) is 17.3 Å². The van der Waals surface area contributed by atoms with Crippen molar-refractivity contribution in [2.75, 3.05) is 19.0 Å². The van der Waals surface area contributed by atoms with Gasteiger partial charge in [-0.3, -0.25) is 0 Å². The van der Waals surface area contributed by atoms with Gasteiger partial charge < -0.3 is 15.1 Å². The molecule has 2 N–H and O–H groups in total. The number of aryl methyl sites for hydroxylation is 1. The molecule has 30 heavy (non-hydrogen) atoms. The molecule has 3 aliphatic carbocycles. The maximum atomic E-state index is 11.4. The van der Waals surface area contributed by atoms with Crippen LogP contribution in [0.1, 0.15) is 55.2 Å². The normalized spacial score (nSPS) is 33.7. The third kappa shape index (κ3) is 3.06. The molecular weight excluding hydrogens is 370 g/mol. The Bertz CT molecular complexity index is 977. The van der Waals surface area contributed by atoms with Crippen LogP contribution in [-0.2, 0) is 6.42 Å². The molecule has 0 heterocycles. The van der Waals surface area contributed by atoms with Crippen LogP contribution in [0.5, 0.6) is 5.75 Å². The molecule has 3 unspecified atom stereocenters. The van der Waals surface area contributed by atoms with Crippen LogP contribution in [0.25, 0.3) is 6.08 Å². The van der Waals surface area contributed by atoms with Gasteiger partial charge in [0.15, 0.2) is 0 Å². The molecule has 2 aromatic carbocycles. The summed E-state index contributed by atoms with van der Waals surface area (Å²) < 4.78 is 0. The molecule has 0 aromatic heterocycles. The predicted molar refractivity (Wildman–Crippen MR) is 123 cm³/mol. The van der Waals surface area contributed by atoms with Gasteiger partial charge in [0, 0.05) is 25.2 Å². The smallest absolute Gasteiger partial charge is 0.115 e. The Hall–Kier alpha value is -2.26. The number of aliphatic hydroxyl groups excluding tert-OH is 1. The molecule has 2 saturated carbocycles. The van der Waals surface area contributed by atoms with E-state index in [-0.39, 0.29) is 11.5 Å². The maximum Gasteiger partial charge on any atom is 0.115 e. The molecule has 0 aliphatic heterocycles. The summed E-state index contributed by atoms with van der Waals surface area (Å²) in [6, 6.07) is 14.6. The van der Waals surface area contributed by atoms with E-state index < -0.39 is 0 Å². The monoisotopic (exact) mass is 403 g/mol. The molecule has 0 spiro atoms. The number of aromatic hydroxyl groups is 1. The minimum absolute atomic E-state index is 0.0228. The van der Waals surface area contributed by atoms with Crippen molar-refractivity contribution in [3.8, 4) is 5.75 Å². The van der Waals surface area contributed by atoms with E-state index >= 15 is 0 Å². The number of hydrogen-bond donors (Lipinski definition) is 2. The summed E-state index contributed by atoms with van der Waals surface area (Å²) in [6.07, 6.45) is 7.30. The van der Waals surface area contributed by atoms with Crippen LogP contribution < -0.4 is 4.90 Å². The van der Waals surface area contributed by atoms with Crippen LogP contribution in [0.4, 0.5) is 5.69 Å². The molecule has 2 fully saturated rings. The molecule has 5 rings (SSSR count). The number of benzene rings is 2. The molecule has 5 atom stereocenters. The quantitative estimate of drug-likeness (QED) is 0.709. The van der Waals surface area contributed by atoms with Crippen molar-refractivity contribution in [3.05, 3.63) is 64.7 Å². The molecule has 3 nitrogen and oxygen atoms in total. The summed E-state index contributed by atoms with van der Waals surface area (Å²) in [5, 5.41) is 21.2. The minimum Gasteiger partial charge on any atom is -0.508 e. The van der Waals surface area contributed by atoms with Gasteiger partial charge in [-0.2, -0.15) is 0 Å². The fourth-order valence-electron chi connectivity index (χ4n) is 6.65. The second-order valence-corrected chi connectivity index (χ2v) is 10.2. The fraction of sp³-hybridized carbons (Fsp3) is 0.481. The van der Waals surface area contributed by atoms with Gasteiger partial charge in [0.05, 0.1) is 6.10 Å². The Kier molecular flexibility index (Phi) is 4.70. The first-order chi connectivity index (χ1) is 14.4. The van der Waals surface area contributed by atoms with Gasteiger partial charge in [0.1, 0.15) is 5.75 Å². The molecule has 0 saturated heterocycles. The van der Waals surface area contributed by atoms with Crippen LogP contribution in [0.2, 0.25) is 0 Å². The fourth-order valence-corrected chi connectivity index (χ4v) is 6.65. The van der Waals surface area contributed by atoms with Gasteiger partial charge in [-0.15, -0.1) is 0 Å². The highest BCUT2D eigenvalue weighted by atomic mass is 16.3. The molecule has 158 valence electrons. The van der Waals surface area contributed by atoms with E-state index in [1.54, 1.807) is 0 Å². The number of phenols is 1. The first kappa shape index (κ1) is 19.7. The Morgan fingerprint density at radius 3 is 2.57 bits per heavy atom. The van der Waals surface area contributed by atoms with E-state index in [1.807, 2.05) is 12.1 Å². The highest BCUT2D eigenvalue weighted by molar-refractivity contribution is 5.59. The van der Waals surface area contributed by atoms with Gasteiger partial charge in [-0.05, 0) is 96.4 Å². The number of fused-ring (bicyclic) bond motifs is 5. The third-order valence-corrected chi connectivity index (χ3v) is 8.34. The first-order valence-electron chi connectivity index (χ1n) is 11.3. The number of nitrogens with zero attached hydrogens (tertiary/aromatic N) is 1. The number of phenolic OH excluding ortho intramolecular Hbond substituents is 1. The topological polar surface area (TPSA) is 43.7 Å². The number of rotatable bonds is 2. The highest BCUT2D eigenvalue weighted by Crippen LogP contribution is 2.62. The van der Waals surface area contributed by atoms with Crippen LogP contribution in [-0.4, -0.2) is 30.4 Å². The van der Waals surface area contributed by atoms with Gasteiger partial charge in [0.2, 0.25) is 0 Å². The summed E-state index contributed by atoms with van der Waals surface area (Å²) in [4.78, 5) is 2.11. The molecule has 3 aliphatic rings. The largest absolute Gasteiger partial charge is 0.508 e. The van der Waals surface area contributed by atoms with E-state index in [9.17, 15) is 10.2 Å². The average molecular weight is 404 g/mol. The van der Waals surface area contributed by atoms with Crippen molar-refractivity contribution >= 4 is 11.8 Å². The van der Waals surface area contributed by atoms with Gasteiger partial charge in [-0.1, -0.05) is 31.2 Å². The van der Waals surface area contributed by atoms with Gasteiger partial charge in [-0.25, -0.2) is 0 Å². The zero-order valence-electron chi connectivity index (χ0n) is 18.3. The van der Waals surface area contributed by atoms with E-state index in [2.05, 4.69) is 62.3 Å². The lowest BCUT2D eigenvalue weighted by Gasteiger charge is -2.49. The first-order valence-corrected chi connectivity index (χ1v) is 11.3. The summed E-state index contributed by atoms with van der Waals surface area (Å²) in [5.74, 6) is 2.10. The van der Waals surface area contributed by atoms with E-state index in [0.29, 0.717) is 23.5 Å². The Balaban J connectivity index is 1.44. The van der Waals surface area contributed by atoms with E-state index in [4.69, 9.17) is 0 Å². The SMILES string of the molecule is CN(C)c1ccc(C=C2CC3C4CCc5cc(O)ccc5C4CC[C@]3(C)[C@H]2O)cc1. The third-order valence-electron chi connectivity index (χ3n) is 8.34. The standard InChI is InChI=1S/C27H33NO2/c1-27-13-12-23-22-11-9-21(29)15-18(22)6-10-24(23)25(27)16-19(26(27)30)14-17-4-7-20(8-5-17)28(2)3/h4-5,7-9,11,14-15,23-26,29-30H,6,10,12-13,16H2,1-3H3/t23?,24?,25?,26-,27-/m0/s1. The zero-order valence-corrected chi connectivity index (χ0v) is 18.3. The lowest BCUT2D eigenvalue weighted by Crippen LogP contribution is -2.44. The summed E-state index contributed by atoms with van der Waals surface area (Å²) >= 11 is 0. The highest BCUT2D eigenvalue weighted by Gasteiger charge is 2.56. The molecular formula is C27H33NO2. The van der Waals surface area contributed by atoms with Crippen molar-refractivity contribution in [1.29, 1.82) is 0 Å². The summed E-state index contributed by atoms with van der Waals surface area (Å²) in [7, 11) is 4.11. The van der Waals surface area contributed by atoms with Gasteiger partial charge in [0.25, 0.3) is 0 Å². The number of hydrogen-bond acceptors (Lipinski definition) is 3. The second kappa shape index (κ2) is 7.16. The molecule has 2 aromatic rings. The number of anilines is 1. The molecule has 0 bridgehead atoms. The second-order valence-electron chi connectivity index (χ2n) is 10.2. The molecule has 3 heteroatoms. The van der Waals surface area contributed by atoms with Crippen molar-refractivity contribution < 1.29 is 10.2 Å². The minimum atomic E-state index is -0.349. The van der Waals surface area contributed by atoms with Crippen LogP contribution in [0.15, 0.2) is 48.0 Å². The molecule has 0 radical (unpaired) electrons. The van der Waals surface area contributed by atoms with Crippen molar-refractivity contribution in [3.63, 3.8) is 0 Å². The zero-order chi connectivity index (χ0) is 21.0. The Morgan fingerprint density at radius 2 is 1.83 bits per heavy atom. The van der Waals surface area contributed by atoms with Crippen molar-refractivity contribution in [1.82, 2.24) is 0 Å². The van der Waals surface area contributed by atoms with Crippen LogP contribution >= 0.6 is 0 Å². The van der Waals surface area contributed by atoms with E-state index in [0.717, 1.165) is 25.7 Å². The van der Waals surface area contributed by atoms with E-state index in [1.165, 1.54) is 34.4 Å². The molecule has 0 amide bonds. The Labute approximate surface area is 180 Å².